The van der Waals surface area contributed by atoms with Crippen LogP contribution in [-0.2, 0) is 4.79 Å². The van der Waals surface area contributed by atoms with Gasteiger partial charge in [-0.25, -0.2) is 0 Å². The van der Waals surface area contributed by atoms with Crippen LogP contribution in [-0.4, -0.2) is 37.5 Å². The molecule has 0 unspecified atom stereocenters. The van der Waals surface area contributed by atoms with E-state index in [0.29, 0.717) is 12.1 Å². The normalized spacial score (nSPS) is 30.2. The molecule has 69 valence electrons. The minimum atomic E-state index is 0.374. The SMILES string of the molecule is CN(C)C1CCC(N[C]=O)CC1. The average Bonchev–Trinajstić information content (AvgIpc) is 2.06. The van der Waals surface area contributed by atoms with Crippen molar-refractivity contribution in [2.45, 2.75) is 37.8 Å². The van der Waals surface area contributed by atoms with Crippen molar-refractivity contribution in [3.05, 3.63) is 0 Å². The number of rotatable bonds is 3. The number of carbonyl (C=O) groups excluding carboxylic acids is 1. The van der Waals surface area contributed by atoms with Crippen LogP contribution in [0.25, 0.3) is 0 Å². The molecular weight excluding hydrogens is 152 g/mol. The number of nitrogens with zero attached hydrogens (tertiary/aromatic N) is 1. The second kappa shape index (κ2) is 4.45. The van der Waals surface area contributed by atoms with Gasteiger partial charge in [-0.2, -0.15) is 0 Å². The van der Waals surface area contributed by atoms with Crippen molar-refractivity contribution in [1.29, 1.82) is 0 Å². The molecule has 0 aromatic carbocycles. The molecule has 0 atom stereocenters. The maximum atomic E-state index is 10.0. The summed E-state index contributed by atoms with van der Waals surface area (Å²) in [6, 6.07) is 1.08. The zero-order chi connectivity index (χ0) is 8.97. The van der Waals surface area contributed by atoms with Gasteiger partial charge in [0, 0.05) is 12.1 Å². The van der Waals surface area contributed by atoms with Crippen molar-refractivity contribution in [3.63, 3.8) is 0 Å². The Morgan fingerprint density at radius 2 is 1.83 bits per heavy atom. The van der Waals surface area contributed by atoms with Gasteiger partial charge in [0.2, 0.25) is 0 Å². The molecule has 0 aromatic rings. The van der Waals surface area contributed by atoms with Crippen LogP contribution in [0, 0.1) is 0 Å². The van der Waals surface area contributed by atoms with Gasteiger partial charge in [0.05, 0.1) is 0 Å². The van der Waals surface area contributed by atoms with Crippen molar-refractivity contribution < 1.29 is 4.79 Å². The Balaban J connectivity index is 2.24. The first-order valence-electron chi connectivity index (χ1n) is 4.53. The third-order valence-electron chi connectivity index (χ3n) is 2.69. The van der Waals surface area contributed by atoms with Gasteiger partial charge in [-0.05, 0) is 39.8 Å². The zero-order valence-corrected chi connectivity index (χ0v) is 7.84. The maximum Gasteiger partial charge on any atom is 0.309 e. The largest absolute Gasteiger partial charge is 0.345 e. The van der Waals surface area contributed by atoms with Crippen LogP contribution in [0.2, 0.25) is 0 Å². The van der Waals surface area contributed by atoms with Gasteiger partial charge in [0.15, 0.2) is 0 Å². The lowest BCUT2D eigenvalue weighted by Gasteiger charge is -2.32. The lowest BCUT2D eigenvalue weighted by molar-refractivity contribution is 0.211. The van der Waals surface area contributed by atoms with Gasteiger partial charge in [0.1, 0.15) is 0 Å². The van der Waals surface area contributed by atoms with Crippen LogP contribution in [0.5, 0.6) is 0 Å². The summed E-state index contributed by atoms with van der Waals surface area (Å²) >= 11 is 0. The highest BCUT2D eigenvalue weighted by Crippen LogP contribution is 2.20. The minimum Gasteiger partial charge on any atom is -0.345 e. The van der Waals surface area contributed by atoms with Crippen molar-refractivity contribution in [2.24, 2.45) is 0 Å². The fourth-order valence-corrected chi connectivity index (χ4v) is 1.82. The molecule has 0 heterocycles. The number of hydrogen-bond donors (Lipinski definition) is 1. The summed E-state index contributed by atoms with van der Waals surface area (Å²) in [5.41, 5.74) is 0. The number of amides is 1. The van der Waals surface area contributed by atoms with Crippen molar-refractivity contribution in [2.75, 3.05) is 14.1 Å². The number of nitrogens with one attached hydrogen (secondary N) is 1. The Bertz CT molecular complexity index is 139. The van der Waals surface area contributed by atoms with E-state index in [0.717, 1.165) is 12.8 Å². The molecule has 1 aliphatic rings. The van der Waals surface area contributed by atoms with Crippen molar-refractivity contribution >= 4 is 6.41 Å². The molecule has 0 saturated heterocycles. The molecule has 0 spiro atoms. The molecule has 3 nitrogen and oxygen atoms in total. The van der Waals surface area contributed by atoms with Gasteiger partial charge in [-0.3, -0.25) is 4.79 Å². The summed E-state index contributed by atoms with van der Waals surface area (Å²) < 4.78 is 0. The first-order valence-corrected chi connectivity index (χ1v) is 4.53. The maximum absolute atomic E-state index is 10.0. The molecule has 1 rings (SSSR count). The quantitative estimate of drug-likeness (QED) is 0.624. The highest BCUT2D eigenvalue weighted by atomic mass is 16.1. The Kier molecular flexibility index (Phi) is 3.53. The Labute approximate surface area is 74.1 Å². The predicted molar refractivity (Wildman–Crippen MR) is 48.6 cm³/mol. The van der Waals surface area contributed by atoms with Crippen LogP contribution in [0.4, 0.5) is 0 Å². The van der Waals surface area contributed by atoms with E-state index in [9.17, 15) is 4.79 Å². The van der Waals surface area contributed by atoms with Crippen LogP contribution in [0.15, 0.2) is 0 Å². The lowest BCUT2D eigenvalue weighted by atomic mass is 9.91. The Hall–Kier alpha value is -0.570. The monoisotopic (exact) mass is 169 g/mol. The molecule has 0 aromatic heterocycles. The van der Waals surface area contributed by atoms with Crippen molar-refractivity contribution in [1.82, 2.24) is 10.2 Å². The summed E-state index contributed by atoms with van der Waals surface area (Å²) in [5, 5.41) is 2.72. The van der Waals surface area contributed by atoms with E-state index in [1.165, 1.54) is 12.8 Å². The van der Waals surface area contributed by atoms with E-state index < -0.39 is 0 Å². The molecule has 1 radical (unpaired) electrons. The minimum absolute atomic E-state index is 0.374. The zero-order valence-electron chi connectivity index (χ0n) is 7.84. The Morgan fingerprint density at radius 1 is 1.25 bits per heavy atom. The van der Waals surface area contributed by atoms with E-state index in [2.05, 4.69) is 24.3 Å². The topological polar surface area (TPSA) is 32.3 Å². The van der Waals surface area contributed by atoms with Gasteiger partial charge in [0.25, 0.3) is 0 Å². The molecule has 1 aliphatic carbocycles. The summed E-state index contributed by atoms with van der Waals surface area (Å²) in [6.07, 6.45) is 6.33. The molecule has 1 N–H and O–H groups in total. The van der Waals surface area contributed by atoms with E-state index in [1.54, 1.807) is 6.41 Å². The van der Waals surface area contributed by atoms with Crippen molar-refractivity contribution in [3.8, 4) is 0 Å². The van der Waals surface area contributed by atoms with Crippen LogP contribution < -0.4 is 5.32 Å². The summed E-state index contributed by atoms with van der Waals surface area (Å²) in [4.78, 5) is 12.3. The van der Waals surface area contributed by atoms with Crippen LogP contribution >= 0.6 is 0 Å². The molecule has 1 amide bonds. The van der Waals surface area contributed by atoms with E-state index >= 15 is 0 Å². The first-order chi connectivity index (χ1) is 5.74. The van der Waals surface area contributed by atoms with E-state index in [1.807, 2.05) is 0 Å². The van der Waals surface area contributed by atoms with Crippen LogP contribution in [0.3, 0.4) is 0 Å². The highest BCUT2D eigenvalue weighted by molar-refractivity contribution is 5.47. The van der Waals surface area contributed by atoms with Gasteiger partial charge in [-0.15, -0.1) is 0 Å². The third-order valence-corrected chi connectivity index (χ3v) is 2.69. The van der Waals surface area contributed by atoms with Gasteiger partial charge >= 0.3 is 6.41 Å². The standard InChI is InChI=1S/C9H17N2O/c1-11(2)9-5-3-8(4-6-9)10-7-12/h8-9H,3-6H2,1-2H3,(H,10,12). The fourth-order valence-electron chi connectivity index (χ4n) is 1.82. The number of hydrogen-bond acceptors (Lipinski definition) is 2. The molecule has 12 heavy (non-hydrogen) atoms. The van der Waals surface area contributed by atoms with Gasteiger partial charge < -0.3 is 10.2 Å². The van der Waals surface area contributed by atoms with Crippen LogP contribution in [0.1, 0.15) is 25.7 Å². The molecule has 1 fully saturated rings. The average molecular weight is 169 g/mol. The highest BCUT2D eigenvalue weighted by Gasteiger charge is 2.21. The summed E-state index contributed by atoms with van der Waals surface area (Å²) in [5.74, 6) is 0. The lowest BCUT2D eigenvalue weighted by Crippen LogP contribution is -2.38. The van der Waals surface area contributed by atoms with Gasteiger partial charge in [-0.1, -0.05) is 0 Å². The predicted octanol–water partition coefficient (Wildman–Crippen LogP) is 0.516. The molecule has 0 aliphatic heterocycles. The van der Waals surface area contributed by atoms with E-state index in [4.69, 9.17) is 0 Å². The third kappa shape index (κ3) is 2.48. The molecule has 0 bridgehead atoms. The smallest absolute Gasteiger partial charge is 0.309 e. The molecule has 1 saturated carbocycles. The fraction of sp³-hybridized carbons (Fsp3) is 0.889. The Morgan fingerprint density at radius 3 is 2.25 bits per heavy atom. The summed E-state index contributed by atoms with van der Waals surface area (Å²) in [6.45, 7) is 0. The first kappa shape index (κ1) is 9.52. The summed E-state index contributed by atoms with van der Waals surface area (Å²) in [7, 11) is 4.23. The van der Waals surface area contributed by atoms with E-state index in [-0.39, 0.29) is 0 Å². The second-order valence-corrected chi connectivity index (χ2v) is 3.72. The second-order valence-electron chi connectivity index (χ2n) is 3.72. The molecule has 3 heteroatoms. The molecular formula is C9H17N2O.